The van der Waals surface area contributed by atoms with Gasteiger partial charge < -0.3 is 5.73 Å². The molecule has 0 atom stereocenters. The summed E-state index contributed by atoms with van der Waals surface area (Å²) in [6.45, 7) is 0. The third kappa shape index (κ3) is 2.22. The monoisotopic (exact) mass is 257 g/mol. The molecule has 2 rings (SSSR count). The van der Waals surface area contributed by atoms with E-state index in [-0.39, 0.29) is 16.8 Å². The van der Waals surface area contributed by atoms with Gasteiger partial charge in [-0.1, -0.05) is 17.7 Å². The first-order valence-corrected chi connectivity index (χ1v) is 5.07. The van der Waals surface area contributed by atoms with E-state index in [4.69, 9.17) is 17.3 Å². The van der Waals surface area contributed by atoms with E-state index in [9.17, 15) is 13.2 Å². The van der Waals surface area contributed by atoms with Gasteiger partial charge in [-0.25, -0.2) is 13.2 Å². The molecular formula is C12H7ClF3N. The number of rotatable bonds is 1. The van der Waals surface area contributed by atoms with E-state index in [2.05, 4.69) is 0 Å². The van der Waals surface area contributed by atoms with Crippen LogP contribution in [0.25, 0.3) is 11.1 Å². The lowest BCUT2D eigenvalue weighted by Gasteiger charge is -2.08. The SMILES string of the molecule is Nc1cc(Cl)ccc1-c1cc(F)c(F)cc1F. The van der Waals surface area contributed by atoms with Crippen LogP contribution in [0.5, 0.6) is 0 Å². The summed E-state index contributed by atoms with van der Waals surface area (Å²) in [5, 5.41) is 0.384. The van der Waals surface area contributed by atoms with Gasteiger partial charge in [0.25, 0.3) is 0 Å². The summed E-state index contributed by atoms with van der Waals surface area (Å²) in [5.74, 6) is -3.24. The van der Waals surface area contributed by atoms with E-state index in [1.165, 1.54) is 18.2 Å². The summed E-state index contributed by atoms with van der Waals surface area (Å²) in [4.78, 5) is 0. The first kappa shape index (κ1) is 11.8. The fraction of sp³-hybridized carbons (Fsp3) is 0. The molecule has 0 spiro atoms. The second-order valence-corrected chi connectivity index (χ2v) is 3.91. The molecule has 0 aromatic heterocycles. The highest BCUT2D eigenvalue weighted by molar-refractivity contribution is 6.31. The molecule has 0 fully saturated rings. The van der Waals surface area contributed by atoms with Gasteiger partial charge in [-0.05, 0) is 18.2 Å². The molecule has 0 saturated carbocycles. The number of benzene rings is 2. The van der Waals surface area contributed by atoms with Crippen molar-refractivity contribution in [3.8, 4) is 11.1 Å². The van der Waals surface area contributed by atoms with Gasteiger partial charge in [0.2, 0.25) is 0 Å². The van der Waals surface area contributed by atoms with Crippen LogP contribution in [0.15, 0.2) is 30.3 Å². The Morgan fingerprint density at radius 1 is 0.824 bits per heavy atom. The molecule has 2 N–H and O–H groups in total. The molecule has 0 radical (unpaired) electrons. The standard InChI is InChI=1S/C12H7ClF3N/c13-6-1-2-7(12(17)3-6)8-4-10(15)11(16)5-9(8)14/h1-5H,17H2. The van der Waals surface area contributed by atoms with Crippen molar-refractivity contribution in [1.82, 2.24) is 0 Å². The topological polar surface area (TPSA) is 26.0 Å². The first-order valence-electron chi connectivity index (χ1n) is 4.69. The minimum Gasteiger partial charge on any atom is -0.398 e. The molecule has 0 amide bonds. The van der Waals surface area contributed by atoms with Crippen LogP contribution in [0.1, 0.15) is 0 Å². The third-order valence-electron chi connectivity index (χ3n) is 2.31. The number of halogens is 4. The lowest BCUT2D eigenvalue weighted by molar-refractivity contribution is 0.496. The van der Waals surface area contributed by atoms with E-state index in [0.717, 1.165) is 6.07 Å². The molecule has 5 heteroatoms. The fourth-order valence-corrected chi connectivity index (χ4v) is 1.69. The predicted molar refractivity (Wildman–Crippen MR) is 61.2 cm³/mol. The Morgan fingerprint density at radius 2 is 1.47 bits per heavy atom. The lowest BCUT2D eigenvalue weighted by atomic mass is 10.0. The molecule has 0 aliphatic heterocycles. The zero-order chi connectivity index (χ0) is 12.6. The number of nitrogen functional groups attached to an aromatic ring is 1. The van der Waals surface area contributed by atoms with Gasteiger partial charge in [-0.2, -0.15) is 0 Å². The molecule has 2 aromatic rings. The fourth-order valence-electron chi connectivity index (χ4n) is 1.51. The van der Waals surface area contributed by atoms with Crippen molar-refractivity contribution in [2.24, 2.45) is 0 Å². The van der Waals surface area contributed by atoms with E-state index >= 15 is 0 Å². The van der Waals surface area contributed by atoms with Gasteiger partial charge in [-0.15, -0.1) is 0 Å². The Bertz CT molecular complexity index is 584. The molecule has 0 aliphatic carbocycles. The summed E-state index contributed by atoms with van der Waals surface area (Å²) < 4.78 is 39.3. The number of hydrogen-bond acceptors (Lipinski definition) is 1. The highest BCUT2D eigenvalue weighted by Crippen LogP contribution is 2.31. The van der Waals surface area contributed by atoms with Gasteiger partial charge in [0.15, 0.2) is 11.6 Å². The average Bonchev–Trinajstić information content (AvgIpc) is 2.24. The van der Waals surface area contributed by atoms with Crippen LogP contribution in [-0.2, 0) is 0 Å². The highest BCUT2D eigenvalue weighted by atomic mass is 35.5. The van der Waals surface area contributed by atoms with Crippen LogP contribution in [0.3, 0.4) is 0 Å². The van der Waals surface area contributed by atoms with Crippen LogP contribution < -0.4 is 5.73 Å². The van der Waals surface area contributed by atoms with E-state index in [1.54, 1.807) is 0 Å². The van der Waals surface area contributed by atoms with Gasteiger partial charge in [-0.3, -0.25) is 0 Å². The molecule has 0 aliphatic rings. The van der Waals surface area contributed by atoms with Crippen molar-refractivity contribution in [1.29, 1.82) is 0 Å². The van der Waals surface area contributed by atoms with Crippen molar-refractivity contribution in [3.63, 3.8) is 0 Å². The highest BCUT2D eigenvalue weighted by Gasteiger charge is 2.13. The Kier molecular flexibility index (Phi) is 2.98. The lowest BCUT2D eigenvalue weighted by Crippen LogP contribution is -1.95. The quantitative estimate of drug-likeness (QED) is 0.606. The smallest absolute Gasteiger partial charge is 0.161 e. The summed E-state index contributed by atoms with van der Waals surface area (Å²) in [7, 11) is 0. The summed E-state index contributed by atoms with van der Waals surface area (Å²) in [6, 6.07) is 5.61. The van der Waals surface area contributed by atoms with Crippen LogP contribution >= 0.6 is 11.6 Å². The van der Waals surface area contributed by atoms with E-state index in [0.29, 0.717) is 11.1 Å². The maximum atomic E-state index is 13.5. The average molecular weight is 258 g/mol. The molecule has 1 nitrogen and oxygen atoms in total. The first-order chi connectivity index (χ1) is 7.99. The van der Waals surface area contributed by atoms with Gasteiger partial charge in [0, 0.05) is 27.9 Å². The molecule has 88 valence electrons. The minimum absolute atomic E-state index is 0.0990. The Labute approximate surface area is 101 Å². The summed E-state index contributed by atoms with van der Waals surface area (Å²) in [5.41, 5.74) is 6.01. The van der Waals surface area contributed by atoms with Crippen LogP contribution in [-0.4, -0.2) is 0 Å². The molecular weight excluding hydrogens is 251 g/mol. The van der Waals surface area contributed by atoms with Crippen LogP contribution in [0.2, 0.25) is 5.02 Å². The second-order valence-electron chi connectivity index (χ2n) is 3.48. The Morgan fingerprint density at radius 3 is 2.12 bits per heavy atom. The number of anilines is 1. The third-order valence-corrected chi connectivity index (χ3v) is 2.55. The zero-order valence-corrected chi connectivity index (χ0v) is 9.23. The van der Waals surface area contributed by atoms with Crippen LogP contribution in [0, 0.1) is 17.5 Å². The van der Waals surface area contributed by atoms with Crippen molar-refractivity contribution >= 4 is 17.3 Å². The maximum Gasteiger partial charge on any atom is 0.161 e. The zero-order valence-electron chi connectivity index (χ0n) is 8.48. The van der Waals surface area contributed by atoms with E-state index < -0.39 is 17.5 Å². The molecule has 0 saturated heterocycles. The van der Waals surface area contributed by atoms with E-state index in [1.807, 2.05) is 0 Å². The normalized spacial score (nSPS) is 10.6. The maximum absolute atomic E-state index is 13.5. The van der Waals surface area contributed by atoms with Crippen molar-refractivity contribution in [2.45, 2.75) is 0 Å². The van der Waals surface area contributed by atoms with Gasteiger partial charge in [0.1, 0.15) is 5.82 Å². The summed E-state index contributed by atoms with van der Waals surface area (Å²) in [6.07, 6.45) is 0. The van der Waals surface area contributed by atoms with Gasteiger partial charge in [0.05, 0.1) is 0 Å². The largest absolute Gasteiger partial charge is 0.398 e. The predicted octanol–water partition coefficient (Wildman–Crippen LogP) is 4.01. The molecule has 0 bridgehead atoms. The Balaban J connectivity index is 2.64. The number of nitrogens with two attached hydrogens (primary N) is 1. The van der Waals surface area contributed by atoms with Crippen LogP contribution in [0.4, 0.5) is 18.9 Å². The summed E-state index contributed by atoms with van der Waals surface area (Å²) >= 11 is 5.69. The minimum atomic E-state index is -1.24. The van der Waals surface area contributed by atoms with Crippen molar-refractivity contribution in [3.05, 3.63) is 52.8 Å². The molecule has 2 aromatic carbocycles. The molecule has 0 unspecified atom stereocenters. The van der Waals surface area contributed by atoms with Crippen molar-refractivity contribution < 1.29 is 13.2 Å². The number of hydrogen-bond donors (Lipinski definition) is 1. The van der Waals surface area contributed by atoms with Crippen molar-refractivity contribution in [2.75, 3.05) is 5.73 Å². The molecule has 0 heterocycles. The Hall–Kier alpha value is -1.68. The molecule has 17 heavy (non-hydrogen) atoms. The second kappa shape index (κ2) is 4.30. The van der Waals surface area contributed by atoms with Gasteiger partial charge >= 0.3 is 0 Å².